The zero-order valence-electron chi connectivity index (χ0n) is 16.5. The van der Waals surface area contributed by atoms with Gasteiger partial charge in [-0.3, -0.25) is 9.69 Å². The molecule has 0 saturated carbocycles. The summed E-state index contributed by atoms with van der Waals surface area (Å²) in [7, 11) is 0. The Hall–Kier alpha value is -3.40. The first-order valence-electron chi connectivity index (χ1n) is 9.20. The minimum atomic E-state index is -2.93. The van der Waals surface area contributed by atoms with E-state index in [1.165, 1.54) is 47.2 Å². The molecule has 1 aromatic carbocycles. The van der Waals surface area contributed by atoms with E-state index < -0.39 is 6.61 Å². The Bertz CT molecular complexity index is 1120. The highest BCUT2D eigenvalue weighted by atomic mass is 32.2. The van der Waals surface area contributed by atoms with E-state index in [4.69, 9.17) is 8.94 Å². The average molecular weight is 445 g/mol. The fourth-order valence-electron chi connectivity index (χ4n) is 2.95. The van der Waals surface area contributed by atoms with E-state index in [2.05, 4.69) is 14.9 Å². The molecule has 0 radical (unpaired) electrons. The van der Waals surface area contributed by atoms with E-state index in [9.17, 15) is 13.6 Å². The van der Waals surface area contributed by atoms with Crippen LogP contribution in [0.15, 0.2) is 62.3 Å². The van der Waals surface area contributed by atoms with Gasteiger partial charge in [-0.2, -0.15) is 8.78 Å². The molecule has 10 heteroatoms. The number of furan rings is 1. The lowest BCUT2D eigenvalue weighted by atomic mass is 10.2. The number of benzene rings is 1. The van der Waals surface area contributed by atoms with Gasteiger partial charge in [0.05, 0.1) is 17.6 Å². The second-order valence-corrected chi connectivity index (χ2v) is 7.49. The smallest absolute Gasteiger partial charge is 0.387 e. The molecule has 0 aliphatic carbocycles. The molecule has 1 aliphatic rings. The Morgan fingerprint density at radius 2 is 2.00 bits per heavy atom. The van der Waals surface area contributed by atoms with Crippen LogP contribution in [0.1, 0.15) is 22.8 Å². The molecule has 1 amide bonds. The van der Waals surface area contributed by atoms with Gasteiger partial charge in [-0.15, -0.1) is 0 Å². The monoisotopic (exact) mass is 445 g/mol. The van der Waals surface area contributed by atoms with Gasteiger partial charge in [-0.25, -0.2) is 4.99 Å². The molecule has 7 nitrogen and oxygen atoms in total. The third-order valence-corrected chi connectivity index (χ3v) is 5.46. The van der Waals surface area contributed by atoms with Crippen LogP contribution in [0.4, 0.5) is 14.5 Å². The van der Waals surface area contributed by atoms with Gasteiger partial charge in [-0.1, -0.05) is 16.9 Å². The predicted octanol–water partition coefficient (Wildman–Crippen LogP) is 5.16. The van der Waals surface area contributed by atoms with Crippen molar-refractivity contribution >= 4 is 34.6 Å². The third kappa shape index (κ3) is 4.53. The summed E-state index contributed by atoms with van der Waals surface area (Å²) < 4.78 is 39.8. The lowest BCUT2D eigenvalue weighted by molar-refractivity contribution is -0.113. The van der Waals surface area contributed by atoms with E-state index in [0.29, 0.717) is 28.1 Å². The molecule has 0 N–H and O–H groups in total. The Morgan fingerprint density at radius 3 is 2.61 bits per heavy atom. The summed E-state index contributed by atoms with van der Waals surface area (Å²) in [6, 6.07) is 9.22. The fourth-order valence-corrected chi connectivity index (χ4v) is 4.12. The molecule has 0 atom stereocenters. The topological polar surface area (TPSA) is 81.1 Å². The van der Waals surface area contributed by atoms with E-state index in [1.54, 1.807) is 18.2 Å². The fraction of sp³-hybridized carbons (Fsp3) is 0.190. The van der Waals surface area contributed by atoms with Crippen LogP contribution in [0.2, 0.25) is 0 Å². The number of hydrogen-bond acceptors (Lipinski definition) is 7. The number of ether oxygens (including phenoxy) is 1. The highest BCUT2D eigenvalue weighted by Crippen LogP contribution is 2.33. The van der Waals surface area contributed by atoms with Crippen molar-refractivity contribution in [2.45, 2.75) is 26.2 Å². The van der Waals surface area contributed by atoms with Crippen molar-refractivity contribution in [3.63, 3.8) is 0 Å². The zero-order valence-corrected chi connectivity index (χ0v) is 17.4. The van der Waals surface area contributed by atoms with E-state index in [-0.39, 0.29) is 17.4 Å². The normalized spacial score (nSPS) is 15.3. The number of alkyl halides is 2. The minimum Gasteiger partial charge on any atom is -0.465 e. The number of carbonyl (C=O) groups excluding carboxylic acids is 1. The van der Waals surface area contributed by atoms with Crippen LogP contribution in [0, 0.1) is 13.8 Å². The van der Waals surface area contributed by atoms with Gasteiger partial charge in [-0.05, 0) is 50.2 Å². The van der Waals surface area contributed by atoms with Crippen LogP contribution in [-0.4, -0.2) is 22.8 Å². The van der Waals surface area contributed by atoms with Crippen LogP contribution in [-0.2, 0) is 10.5 Å². The summed E-state index contributed by atoms with van der Waals surface area (Å²) >= 11 is 1.34. The highest BCUT2D eigenvalue weighted by Gasteiger charge is 2.32. The molecule has 3 heterocycles. The molecular weight excluding hydrogens is 428 g/mol. The quantitative estimate of drug-likeness (QED) is 0.488. The summed E-state index contributed by atoms with van der Waals surface area (Å²) in [5.74, 6) is 1.31. The molecule has 2 aromatic heterocycles. The average Bonchev–Trinajstić information content (AvgIpc) is 3.43. The van der Waals surface area contributed by atoms with Crippen molar-refractivity contribution in [2.75, 3.05) is 4.90 Å². The van der Waals surface area contributed by atoms with Crippen molar-refractivity contribution < 1.29 is 27.3 Å². The highest BCUT2D eigenvalue weighted by molar-refractivity contribution is 8.13. The maximum Gasteiger partial charge on any atom is 0.387 e. The SMILES string of the molecule is Cc1noc(C)c1CSC1=NC(=Cc2ccco2)C(=O)N1c1ccc(OC(F)F)cc1. The second-order valence-electron chi connectivity index (χ2n) is 6.54. The van der Waals surface area contributed by atoms with E-state index in [0.717, 1.165) is 11.3 Å². The molecule has 4 rings (SSSR count). The van der Waals surface area contributed by atoms with Crippen LogP contribution in [0.5, 0.6) is 5.75 Å². The molecule has 0 saturated heterocycles. The van der Waals surface area contributed by atoms with Gasteiger partial charge in [0, 0.05) is 17.4 Å². The molecule has 0 unspecified atom stereocenters. The van der Waals surface area contributed by atoms with Crippen molar-refractivity contribution in [3.8, 4) is 5.75 Å². The summed E-state index contributed by atoms with van der Waals surface area (Å²) in [5.41, 5.74) is 2.36. The maximum atomic E-state index is 13.1. The number of amides is 1. The summed E-state index contributed by atoms with van der Waals surface area (Å²) in [6.07, 6.45) is 3.05. The van der Waals surface area contributed by atoms with Crippen molar-refractivity contribution in [1.29, 1.82) is 0 Å². The zero-order chi connectivity index (χ0) is 22.0. The summed E-state index contributed by atoms with van der Waals surface area (Å²) in [5, 5.41) is 4.38. The van der Waals surface area contributed by atoms with Gasteiger partial charge in [0.1, 0.15) is 23.0 Å². The van der Waals surface area contributed by atoms with Crippen molar-refractivity contribution in [1.82, 2.24) is 5.16 Å². The molecule has 31 heavy (non-hydrogen) atoms. The Balaban J connectivity index is 1.64. The predicted molar refractivity (Wildman–Crippen MR) is 112 cm³/mol. The van der Waals surface area contributed by atoms with E-state index >= 15 is 0 Å². The van der Waals surface area contributed by atoms with E-state index in [1.807, 2.05) is 13.8 Å². The summed E-state index contributed by atoms with van der Waals surface area (Å²) in [6.45, 7) is 0.736. The molecular formula is C21H17F2N3O4S. The number of hydrogen-bond donors (Lipinski definition) is 0. The third-order valence-electron chi connectivity index (χ3n) is 4.50. The molecule has 1 aliphatic heterocycles. The van der Waals surface area contributed by atoms with Gasteiger partial charge >= 0.3 is 6.61 Å². The summed E-state index contributed by atoms with van der Waals surface area (Å²) in [4.78, 5) is 19.0. The standard InChI is InChI=1S/C21H17F2N3O4S/c1-12-17(13(2)30-25-12)11-31-21-24-18(10-16-4-3-9-28-16)19(27)26(21)14-5-7-15(8-6-14)29-20(22)23/h3-10,20H,11H2,1-2H3. The Kier molecular flexibility index (Phi) is 5.90. The number of anilines is 1. The van der Waals surface area contributed by atoms with Gasteiger partial charge in [0.15, 0.2) is 5.17 Å². The molecule has 0 bridgehead atoms. The van der Waals surface area contributed by atoms with Crippen molar-refractivity contribution in [2.24, 2.45) is 4.99 Å². The van der Waals surface area contributed by atoms with Crippen molar-refractivity contribution in [3.05, 3.63) is 71.1 Å². The number of aromatic nitrogens is 1. The number of halogens is 2. The van der Waals surface area contributed by atoms with Crippen LogP contribution < -0.4 is 9.64 Å². The number of thioether (sulfide) groups is 1. The van der Waals surface area contributed by atoms with Crippen LogP contribution in [0.3, 0.4) is 0 Å². The maximum absolute atomic E-state index is 13.1. The van der Waals surface area contributed by atoms with Crippen LogP contribution in [0.25, 0.3) is 6.08 Å². The molecule has 160 valence electrons. The number of carbonyl (C=O) groups is 1. The minimum absolute atomic E-state index is 0.00129. The largest absolute Gasteiger partial charge is 0.465 e. The number of amidine groups is 1. The number of aliphatic imine (C=N–C) groups is 1. The first kappa shape index (κ1) is 20.9. The van der Waals surface area contributed by atoms with Gasteiger partial charge in [0.2, 0.25) is 0 Å². The first-order chi connectivity index (χ1) is 14.9. The lowest BCUT2D eigenvalue weighted by Gasteiger charge is -2.18. The van der Waals surface area contributed by atoms with Gasteiger partial charge < -0.3 is 13.7 Å². The number of nitrogens with zero attached hydrogens (tertiary/aromatic N) is 3. The molecule has 3 aromatic rings. The lowest BCUT2D eigenvalue weighted by Crippen LogP contribution is -2.30. The number of aryl methyl sites for hydroxylation is 2. The number of rotatable bonds is 6. The Morgan fingerprint density at radius 1 is 1.23 bits per heavy atom. The second kappa shape index (κ2) is 8.76. The first-order valence-corrected chi connectivity index (χ1v) is 10.2. The Labute approximate surface area is 180 Å². The van der Waals surface area contributed by atoms with Crippen LogP contribution >= 0.6 is 11.8 Å². The molecule has 0 fully saturated rings. The molecule has 0 spiro atoms. The van der Waals surface area contributed by atoms with Gasteiger partial charge in [0.25, 0.3) is 5.91 Å².